The van der Waals surface area contributed by atoms with Gasteiger partial charge in [-0.2, -0.15) is 13.7 Å². The van der Waals surface area contributed by atoms with Gasteiger partial charge in [0.05, 0.1) is 36.1 Å². The van der Waals surface area contributed by atoms with Gasteiger partial charge in [0.2, 0.25) is 47.8 Å². The van der Waals surface area contributed by atoms with Crippen LogP contribution in [0.5, 0.6) is 0 Å². The number of nitrogens with one attached hydrogen (secondary N) is 4. The van der Waals surface area contributed by atoms with Crippen LogP contribution >= 0.6 is 0 Å². The van der Waals surface area contributed by atoms with Gasteiger partial charge in [-0.05, 0) is 194 Å². The Kier molecular flexibility index (Phi) is 34.6. The molecule has 42 heteroatoms. The number of nitrogens with zero attached hydrogens (tertiary/aromatic N) is 17. The van der Waals surface area contributed by atoms with Crippen LogP contribution in [0, 0.1) is 24.5 Å². The number of H-pyrrole nitrogens is 1. The molecular formula is C99H98F4N22O13S3. The molecule has 1 aromatic carbocycles. The largest absolute Gasteiger partial charge is 0.383 e. The van der Waals surface area contributed by atoms with Crippen molar-refractivity contribution in [2.45, 2.75) is 127 Å². The number of fused-ring (bicyclic) bond motifs is 2. The monoisotopic (exact) mass is 1970 g/mol. The second-order valence-corrected chi connectivity index (χ2v) is 38.8. The fraction of sp³-hybridized carbons (Fsp3) is 0.242. The number of nitrogens with two attached hydrogens (primary N) is 1. The van der Waals surface area contributed by atoms with E-state index >= 15 is 0 Å². The maximum Gasteiger partial charge on any atom is 0.262 e. The molecule has 3 aliphatic rings. The lowest BCUT2D eigenvalue weighted by Gasteiger charge is -2.18. The number of halogens is 4. The minimum atomic E-state index is -4.05. The summed E-state index contributed by atoms with van der Waals surface area (Å²) in [5.74, 6) is -4.05. The number of aliphatic imine (C=N–C) groups is 1. The van der Waals surface area contributed by atoms with Crippen molar-refractivity contribution in [1.29, 1.82) is 0 Å². The molecule has 141 heavy (non-hydrogen) atoms. The number of benzene rings is 1. The number of rotatable bonds is 27. The van der Waals surface area contributed by atoms with E-state index < -0.39 is 66.4 Å². The van der Waals surface area contributed by atoms with E-state index in [1.54, 1.807) is 138 Å². The van der Waals surface area contributed by atoms with E-state index in [0.29, 0.717) is 107 Å². The number of aromatic nitrogens is 14. The number of carbonyl (C=O) groups excluding carboxylic acids is 7. The summed E-state index contributed by atoms with van der Waals surface area (Å²) < 4.78 is 132. The van der Waals surface area contributed by atoms with Gasteiger partial charge >= 0.3 is 0 Å². The predicted octanol–water partition coefficient (Wildman–Crippen LogP) is 14.2. The van der Waals surface area contributed by atoms with Crippen LogP contribution < -0.4 is 21.7 Å². The summed E-state index contributed by atoms with van der Waals surface area (Å²) in [4.78, 5) is 134. The number of pyridine rings is 12. The number of Topliss-reactive ketones (excluding diaryl/α,β-unsaturated/α-hetero) is 4. The number of hydrogen-bond acceptors (Lipinski definition) is 28. The number of hydrogen-bond donors (Lipinski definition) is 5. The van der Waals surface area contributed by atoms with Crippen molar-refractivity contribution in [2.24, 2.45) is 10.9 Å². The van der Waals surface area contributed by atoms with Gasteiger partial charge in [-0.15, -0.1) is 0 Å². The molecule has 0 spiro atoms. The van der Waals surface area contributed by atoms with Crippen LogP contribution in [0.4, 0.5) is 40.8 Å². The Bertz CT molecular complexity index is 7440. The second-order valence-electron chi connectivity index (χ2n) is 32.8. The minimum absolute atomic E-state index is 0.0425. The lowest BCUT2D eigenvalue weighted by atomic mass is 9.98. The number of alkyl halides is 2. The van der Waals surface area contributed by atoms with Crippen molar-refractivity contribution in [3.8, 4) is 66.8 Å². The molecule has 0 unspecified atom stereocenters. The average molecular weight is 1980 g/mol. The number of carbonyl (C=O) groups is 7. The van der Waals surface area contributed by atoms with E-state index in [1.165, 1.54) is 89.2 Å². The number of ketones is 4. The minimum Gasteiger partial charge on any atom is -0.383 e. The number of nitrogen functional groups attached to an aromatic ring is 1. The van der Waals surface area contributed by atoms with Crippen LogP contribution in [-0.4, -0.2) is 201 Å². The number of sulfonamides is 3. The highest BCUT2D eigenvalue weighted by molar-refractivity contribution is 7.89. The van der Waals surface area contributed by atoms with Gasteiger partial charge < -0.3 is 21.7 Å². The highest BCUT2D eigenvalue weighted by Gasteiger charge is 2.44. The summed E-state index contributed by atoms with van der Waals surface area (Å²) in [6.45, 7) is 12.9. The van der Waals surface area contributed by atoms with Crippen LogP contribution in [0.15, 0.2) is 240 Å². The molecule has 1 aliphatic carbocycles. The van der Waals surface area contributed by atoms with E-state index in [1.807, 2.05) is 42.7 Å². The summed E-state index contributed by atoms with van der Waals surface area (Å²) >= 11 is 0. The molecule has 14 aromatic rings. The summed E-state index contributed by atoms with van der Waals surface area (Å²) in [5, 5.41) is 14.6. The Morgan fingerprint density at radius 1 is 0.496 bits per heavy atom. The number of anilines is 4. The van der Waals surface area contributed by atoms with Gasteiger partial charge in [-0.1, -0.05) is 13.8 Å². The molecule has 17 rings (SSSR count). The molecule has 728 valence electrons. The second kappa shape index (κ2) is 46.8. The molecule has 15 heterocycles. The lowest BCUT2D eigenvalue weighted by Crippen LogP contribution is -2.31. The predicted molar refractivity (Wildman–Crippen MR) is 522 cm³/mol. The van der Waals surface area contributed by atoms with Gasteiger partial charge in [0.15, 0.2) is 5.78 Å². The molecule has 2 fully saturated rings. The smallest absolute Gasteiger partial charge is 0.262 e. The summed E-state index contributed by atoms with van der Waals surface area (Å²) in [6.07, 6.45) is 28.0. The zero-order valence-corrected chi connectivity index (χ0v) is 80.6. The zero-order chi connectivity index (χ0) is 102. The molecular weight excluding hydrogens is 1880 g/mol. The quantitative estimate of drug-likeness (QED) is 0.0236. The topological polar surface area (TPSA) is 489 Å². The van der Waals surface area contributed by atoms with Crippen molar-refractivity contribution in [3.63, 3.8) is 0 Å². The summed E-state index contributed by atoms with van der Waals surface area (Å²) in [5.41, 5.74) is 22.1. The van der Waals surface area contributed by atoms with Crippen molar-refractivity contribution in [3.05, 3.63) is 277 Å². The zero-order valence-electron chi connectivity index (χ0n) is 78.1. The highest BCUT2D eigenvalue weighted by Crippen LogP contribution is 2.36. The lowest BCUT2D eigenvalue weighted by molar-refractivity contribution is -0.120. The molecule has 0 bridgehead atoms. The Balaban J connectivity index is 0.000000152. The van der Waals surface area contributed by atoms with E-state index in [0.717, 1.165) is 112 Å². The van der Waals surface area contributed by atoms with Gasteiger partial charge in [0.25, 0.3) is 5.92 Å². The van der Waals surface area contributed by atoms with Crippen molar-refractivity contribution in [1.82, 2.24) is 82.9 Å². The Labute approximate surface area is 810 Å². The first-order valence-electron chi connectivity index (χ1n) is 43.9. The third-order valence-corrected chi connectivity index (χ3v) is 27.3. The maximum atomic E-state index is 13.9. The van der Waals surface area contributed by atoms with E-state index in [4.69, 9.17) is 5.73 Å². The van der Waals surface area contributed by atoms with Crippen LogP contribution in [-0.2, 0) is 91.1 Å². The molecule has 0 radical (unpaired) electrons. The fourth-order valence-corrected chi connectivity index (χ4v) is 18.2. The molecule has 3 amide bonds. The number of amides is 3. The molecule has 1 saturated heterocycles. The molecule has 1 saturated carbocycles. The maximum absolute atomic E-state index is 13.9. The summed E-state index contributed by atoms with van der Waals surface area (Å²) in [7, 11) is -8.49. The SMILES string of the molecule is CC(=O)Cc1cc(-c2cnc3cn[nH]c3c2)ccn1.CC(=O)Cc1cc(-c2cncc(S(=O)(=O)N3CCC(F)(F)C3)c2)ccn1.CC(=O)Nc1cc(-c2cnc(C)c(CC(=O)c3ccc(F)cc3F)c2)ccn1.CC(=O)Nc1cc(-c2cnc(N)c(S(=O)(=O)N(C)C)c2)ccn1.CCN(CC)S(=O)(=O)c1cncc(-c2ccnc(NC(C)=O)c2)c1.O=C(Cc1cc(-c2cnc3c(c2)C=NC3)ccn1)C1CC1. The molecule has 2 aliphatic heterocycles. The van der Waals surface area contributed by atoms with Crippen molar-refractivity contribution < 1.29 is 76.4 Å². The van der Waals surface area contributed by atoms with Crippen LogP contribution in [0.2, 0.25) is 0 Å². The van der Waals surface area contributed by atoms with Crippen LogP contribution in [0.25, 0.3) is 77.8 Å². The van der Waals surface area contributed by atoms with Crippen LogP contribution in [0.3, 0.4) is 0 Å². The standard InChI is InChI=1S/C21H17F2N3O2.C17H17F2N3O3S.C17H15N3O.C16H20N4O3S.C14H17N5O3S.C14H12N4O/c1-12-15(8-20(28)18-4-3-17(22)10-19(18)23)7-16(11-25-12)14-5-6-24-21(9-14)26-13(2)27;1-12(23)6-15-7-13(2-4-21-15)14-8-16(10-20-9-14)26(24,25)22-5-3-17(18,19)11-22;21-17(11-1-2-11)7-15-6-12(3-4-19-15)13-5-14-8-18-10-16(14)20-9-13;1-4-20(5-2)24(22,23)15-8-14(10-17-11-15)13-6-7-18-16(9-13)19-12(3)21;1-9(20)18-13-7-10(4-5-16-13)11-6-12(14(15)17-8-11)23(21,22)19(2)3;1-9(19)4-12-5-10(2-3-15-12)11-6-13-14(16-7-11)8-17-18-13/h3-7,9-11H,8H2,1-2H3,(H,24,26,27);2,4,7-10H,3,5-6,11H2,1H3;3-6,8-9,11H,1-2,7,10H2;6-11H,4-5H2,1-3H3,(H,18,19,21);4-8H,1-3H3,(H2,15,17)(H,16,18,20);2-3,5-8H,4H2,1H3,(H,17,18). The van der Waals surface area contributed by atoms with Gasteiger partial charge in [-0.25, -0.2) is 67.1 Å². The normalized spacial score (nSPS) is 13.0. The fourth-order valence-electron chi connectivity index (χ4n) is 14.3. The average Bonchev–Trinajstić information content (AvgIpc) is 1.66. The van der Waals surface area contributed by atoms with Crippen molar-refractivity contribution >= 4 is 111 Å². The van der Waals surface area contributed by atoms with Gasteiger partial charge in [0, 0.05) is 253 Å². The number of aryl methyl sites for hydroxylation is 1. The Hall–Kier alpha value is -15.5. The molecule has 0 atom stereocenters. The van der Waals surface area contributed by atoms with Crippen LogP contribution in [0.1, 0.15) is 118 Å². The molecule has 35 nitrogen and oxygen atoms in total. The van der Waals surface area contributed by atoms with Crippen molar-refractivity contribution in [2.75, 3.05) is 62.0 Å². The molecule has 13 aromatic heterocycles. The highest BCUT2D eigenvalue weighted by atomic mass is 32.2. The third kappa shape index (κ3) is 28.6. The number of aromatic amines is 1. The van der Waals surface area contributed by atoms with E-state index in [9.17, 15) is 76.4 Å². The Morgan fingerprint density at radius 3 is 1.46 bits per heavy atom. The van der Waals surface area contributed by atoms with E-state index in [-0.39, 0.29) is 80.7 Å². The molecule has 6 N–H and O–H groups in total. The first kappa shape index (κ1) is 104. The van der Waals surface area contributed by atoms with Gasteiger partial charge in [0.1, 0.15) is 72.5 Å². The van der Waals surface area contributed by atoms with E-state index in [2.05, 4.69) is 97.0 Å². The summed E-state index contributed by atoms with van der Waals surface area (Å²) in [6, 6.07) is 34.5. The van der Waals surface area contributed by atoms with Gasteiger partial charge in [-0.3, -0.25) is 83.5 Å². The first-order chi connectivity index (χ1) is 67.1. The third-order valence-electron chi connectivity index (χ3n) is 21.6. The first-order valence-corrected chi connectivity index (χ1v) is 48.2. The Morgan fingerprint density at radius 2 is 0.965 bits per heavy atom.